The number of esters is 1. The van der Waals surface area contributed by atoms with Gasteiger partial charge in [-0.3, -0.25) is 0 Å². The molecule has 0 atom stereocenters. The third-order valence-corrected chi connectivity index (χ3v) is 2.65. The highest BCUT2D eigenvalue weighted by Gasteiger charge is 2.06. The van der Waals surface area contributed by atoms with Crippen LogP contribution in [0.3, 0.4) is 0 Å². The van der Waals surface area contributed by atoms with Crippen molar-refractivity contribution in [2.75, 3.05) is 6.61 Å². The first-order valence-electron chi connectivity index (χ1n) is 6.14. The molecule has 2 rings (SSSR count). The maximum atomic E-state index is 11.4. The van der Waals surface area contributed by atoms with Gasteiger partial charge in [-0.1, -0.05) is 18.7 Å². The summed E-state index contributed by atoms with van der Waals surface area (Å²) in [4.78, 5) is 11.4. The summed E-state index contributed by atoms with van der Waals surface area (Å²) in [5.74, 6) is 0.941. The maximum Gasteiger partial charge on any atom is 0.338 e. The average molecular weight is 256 g/mol. The normalized spacial score (nSPS) is 10.2. The molecule has 0 aliphatic carbocycles. The highest BCUT2D eigenvalue weighted by Crippen LogP contribution is 2.25. The minimum absolute atomic E-state index is 0.381. The number of fused-ring (bicyclic) bond motifs is 1. The van der Waals surface area contributed by atoms with Gasteiger partial charge in [0.15, 0.2) is 0 Å². The molecule has 2 aromatic carbocycles. The lowest BCUT2D eigenvalue weighted by molar-refractivity contribution is -0.130. The van der Waals surface area contributed by atoms with Crippen LogP contribution in [0.4, 0.5) is 0 Å². The molecule has 98 valence electrons. The lowest BCUT2D eigenvalue weighted by Crippen LogP contribution is -2.07. The molecule has 0 saturated carbocycles. The molecular weight excluding hydrogens is 240 g/mol. The quantitative estimate of drug-likeness (QED) is 0.475. The Morgan fingerprint density at radius 3 is 2.26 bits per heavy atom. The van der Waals surface area contributed by atoms with Crippen LogP contribution in [0.1, 0.15) is 13.8 Å². The van der Waals surface area contributed by atoms with E-state index in [9.17, 15) is 4.79 Å². The van der Waals surface area contributed by atoms with E-state index in [4.69, 9.17) is 9.47 Å². The van der Waals surface area contributed by atoms with Gasteiger partial charge in [0.05, 0.1) is 6.61 Å². The molecule has 0 unspecified atom stereocenters. The Morgan fingerprint density at radius 2 is 1.68 bits per heavy atom. The Balaban J connectivity index is 2.28. The van der Waals surface area contributed by atoms with Crippen molar-refractivity contribution < 1.29 is 14.3 Å². The van der Waals surface area contributed by atoms with Gasteiger partial charge in [-0.25, -0.2) is 4.79 Å². The van der Waals surface area contributed by atoms with Crippen molar-refractivity contribution >= 4 is 16.7 Å². The summed E-state index contributed by atoms with van der Waals surface area (Å²) in [5, 5.41) is 2.04. The summed E-state index contributed by atoms with van der Waals surface area (Å²) in [6, 6.07) is 11.3. The fourth-order valence-electron chi connectivity index (χ4n) is 1.72. The molecule has 3 nitrogen and oxygen atoms in total. The Bertz CT molecular complexity index is 629. The summed E-state index contributed by atoms with van der Waals surface area (Å²) in [5.41, 5.74) is 0.381. The van der Waals surface area contributed by atoms with Crippen LogP contribution in [-0.2, 0) is 4.79 Å². The highest BCUT2D eigenvalue weighted by atomic mass is 16.5. The van der Waals surface area contributed by atoms with Gasteiger partial charge < -0.3 is 9.47 Å². The van der Waals surface area contributed by atoms with Crippen molar-refractivity contribution in [2.45, 2.75) is 13.8 Å². The van der Waals surface area contributed by atoms with Gasteiger partial charge in [0.2, 0.25) is 0 Å². The number of ether oxygens (including phenoxy) is 2. The summed E-state index contributed by atoms with van der Waals surface area (Å²) in [6.07, 6.45) is 0. The van der Waals surface area contributed by atoms with Gasteiger partial charge >= 0.3 is 5.97 Å². The van der Waals surface area contributed by atoms with Gasteiger partial charge in [-0.05, 0) is 48.9 Å². The van der Waals surface area contributed by atoms with E-state index in [1.807, 2.05) is 37.3 Å². The summed E-state index contributed by atoms with van der Waals surface area (Å²) in [6.45, 7) is 7.76. The van der Waals surface area contributed by atoms with E-state index in [1.165, 1.54) is 0 Å². The molecule has 0 fully saturated rings. The number of hydrogen-bond donors (Lipinski definition) is 0. The lowest BCUT2D eigenvalue weighted by atomic mass is 10.1. The van der Waals surface area contributed by atoms with Crippen LogP contribution in [0.2, 0.25) is 0 Å². The average Bonchev–Trinajstić information content (AvgIpc) is 2.39. The zero-order chi connectivity index (χ0) is 13.8. The van der Waals surface area contributed by atoms with Crippen molar-refractivity contribution in [3.63, 3.8) is 0 Å². The van der Waals surface area contributed by atoms with Gasteiger partial charge in [-0.2, -0.15) is 0 Å². The van der Waals surface area contributed by atoms with Gasteiger partial charge in [0, 0.05) is 5.57 Å². The summed E-state index contributed by atoms with van der Waals surface area (Å²) in [7, 11) is 0. The fraction of sp³-hybridized carbons (Fsp3) is 0.188. The molecule has 0 aliphatic heterocycles. The van der Waals surface area contributed by atoms with Gasteiger partial charge in [0.25, 0.3) is 0 Å². The second-order valence-corrected chi connectivity index (χ2v) is 4.27. The van der Waals surface area contributed by atoms with E-state index in [2.05, 4.69) is 6.58 Å². The highest BCUT2D eigenvalue weighted by molar-refractivity contribution is 5.90. The molecule has 0 bridgehead atoms. The summed E-state index contributed by atoms with van der Waals surface area (Å²) < 4.78 is 10.6. The molecular formula is C16H16O3. The fourth-order valence-corrected chi connectivity index (χ4v) is 1.72. The van der Waals surface area contributed by atoms with Crippen LogP contribution in [0.5, 0.6) is 11.5 Å². The minimum atomic E-state index is -0.412. The molecule has 0 N–H and O–H groups in total. The van der Waals surface area contributed by atoms with Crippen molar-refractivity contribution in [1.82, 2.24) is 0 Å². The van der Waals surface area contributed by atoms with Gasteiger partial charge in [0.1, 0.15) is 11.5 Å². The van der Waals surface area contributed by atoms with E-state index in [-0.39, 0.29) is 0 Å². The molecule has 0 radical (unpaired) electrons. The van der Waals surface area contributed by atoms with Crippen molar-refractivity contribution in [2.24, 2.45) is 0 Å². The van der Waals surface area contributed by atoms with Crippen LogP contribution in [-0.4, -0.2) is 12.6 Å². The first kappa shape index (κ1) is 13.1. The summed E-state index contributed by atoms with van der Waals surface area (Å²) >= 11 is 0. The maximum absolute atomic E-state index is 11.4. The number of benzene rings is 2. The van der Waals surface area contributed by atoms with Crippen molar-refractivity contribution in [3.05, 3.63) is 48.6 Å². The number of rotatable bonds is 4. The Morgan fingerprint density at radius 1 is 1.11 bits per heavy atom. The predicted molar refractivity (Wildman–Crippen MR) is 75.6 cm³/mol. The molecule has 3 heteroatoms. The van der Waals surface area contributed by atoms with Crippen LogP contribution in [0, 0.1) is 0 Å². The monoisotopic (exact) mass is 256 g/mol. The van der Waals surface area contributed by atoms with E-state index in [1.54, 1.807) is 13.0 Å². The van der Waals surface area contributed by atoms with E-state index < -0.39 is 5.97 Å². The smallest absolute Gasteiger partial charge is 0.338 e. The molecule has 0 saturated heterocycles. The Labute approximate surface area is 112 Å². The SMILES string of the molecule is C=C(C)C(=O)Oc1ccc2cc(OCC)ccc2c1. The number of hydrogen-bond acceptors (Lipinski definition) is 3. The second kappa shape index (κ2) is 5.57. The first-order valence-corrected chi connectivity index (χ1v) is 6.14. The van der Waals surface area contributed by atoms with Crippen molar-refractivity contribution in [1.29, 1.82) is 0 Å². The largest absolute Gasteiger partial charge is 0.494 e. The van der Waals surface area contributed by atoms with Crippen molar-refractivity contribution in [3.8, 4) is 11.5 Å². The zero-order valence-corrected chi connectivity index (χ0v) is 11.1. The van der Waals surface area contributed by atoms with Crippen LogP contribution < -0.4 is 9.47 Å². The third kappa shape index (κ3) is 3.13. The number of carbonyl (C=O) groups excluding carboxylic acids is 1. The van der Waals surface area contributed by atoms with Gasteiger partial charge in [-0.15, -0.1) is 0 Å². The zero-order valence-electron chi connectivity index (χ0n) is 11.1. The Hall–Kier alpha value is -2.29. The second-order valence-electron chi connectivity index (χ2n) is 4.27. The van der Waals surface area contributed by atoms with E-state index >= 15 is 0 Å². The molecule has 0 spiro atoms. The molecule has 0 heterocycles. The van der Waals surface area contributed by atoms with Crippen LogP contribution in [0.15, 0.2) is 48.6 Å². The topological polar surface area (TPSA) is 35.5 Å². The third-order valence-electron chi connectivity index (χ3n) is 2.65. The Kier molecular flexibility index (Phi) is 3.85. The standard InChI is InChI=1S/C16H16O3/c1-4-18-14-7-5-13-10-15(8-6-12(13)9-14)19-16(17)11(2)3/h5-10H,2,4H2,1,3H3. The molecule has 0 aromatic heterocycles. The van der Waals surface area contributed by atoms with Crippen LogP contribution in [0.25, 0.3) is 10.8 Å². The molecule has 0 aliphatic rings. The molecule has 19 heavy (non-hydrogen) atoms. The molecule has 2 aromatic rings. The minimum Gasteiger partial charge on any atom is -0.494 e. The van der Waals surface area contributed by atoms with E-state index in [0.717, 1.165) is 16.5 Å². The lowest BCUT2D eigenvalue weighted by Gasteiger charge is -2.07. The predicted octanol–water partition coefficient (Wildman–Crippen LogP) is 3.72. The number of carbonyl (C=O) groups is 1. The molecule has 0 amide bonds. The first-order chi connectivity index (χ1) is 9.10. The van der Waals surface area contributed by atoms with E-state index in [0.29, 0.717) is 17.9 Å². The van der Waals surface area contributed by atoms with Crippen LogP contribution >= 0.6 is 0 Å².